The van der Waals surface area contributed by atoms with Crippen molar-refractivity contribution in [1.82, 2.24) is 9.80 Å². The molecule has 1 saturated heterocycles. The van der Waals surface area contributed by atoms with Crippen molar-refractivity contribution in [2.75, 3.05) is 33.7 Å². The zero-order chi connectivity index (χ0) is 13.1. The Balaban J connectivity index is 1.93. The Morgan fingerprint density at radius 3 is 2.72 bits per heavy atom. The summed E-state index contributed by atoms with van der Waals surface area (Å²) >= 11 is 0. The van der Waals surface area contributed by atoms with Crippen LogP contribution in [0.3, 0.4) is 0 Å². The molecule has 0 amide bonds. The maximum absolute atomic E-state index is 10.3. The van der Waals surface area contributed by atoms with Crippen LogP contribution in [0.1, 0.15) is 23.7 Å². The summed E-state index contributed by atoms with van der Waals surface area (Å²) in [5.74, 6) is 0. The van der Waals surface area contributed by atoms with E-state index in [0.717, 1.165) is 25.2 Å². The fourth-order valence-corrected chi connectivity index (χ4v) is 2.70. The number of nitrogens with zero attached hydrogens (tertiary/aromatic N) is 2. The van der Waals surface area contributed by atoms with Crippen molar-refractivity contribution >= 4 is 0 Å². The van der Waals surface area contributed by atoms with Crippen LogP contribution in [0.2, 0.25) is 0 Å². The molecule has 0 aromatic heterocycles. The molecule has 0 radical (unpaired) electrons. The molecule has 100 valence electrons. The smallest absolute Gasteiger partial charge is 0.0919 e. The summed E-state index contributed by atoms with van der Waals surface area (Å²) in [6.07, 6.45) is 0.833. The Bertz CT molecular complexity index is 392. The predicted octanol–water partition coefficient (Wildman–Crippen LogP) is 1.66. The van der Waals surface area contributed by atoms with Crippen LogP contribution in [-0.4, -0.2) is 54.7 Å². The second kappa shape index (κ2) is 5.83. The zero-order valence-electron chi connectivity index (χ0n) is 11.6. The highest BCUT2D eigenvalue weighted by Crippen LogP contribution is 2.21. The van der Waals surface area contributed by atoms with Gasteiger partial charge in [0, 0.05) is 19.1 Å². The van der Waals surface area contributed by atoms with Crippen LogP contribution in [0, 0.1) is 6.92 Å². The van der Waals surface area contributed by atoms with Gasteiger partial charge in [0.1, 0.15) is 0 Å². The van der Waals surface area contributed by atoms with E-state index in [1.807, 2.05) is 18.2 Å². The highest BCUT2D eigenvalue weighted by molar-refractivity contribution is 5.27. The minimum atomic E-state index is -0.368. The van der Waals surface area contributed by atoms with Gasteiger partial charge in [0.25, 0.3) is 0 Å². The molecule has 1 heterocycles. The van der Waals surface area contributed by atoms with Crippen molar-refractivity contribution in [3.8, 4) is 0 Å². The van der Waals surface area contributed by atoms with Crippen molar-refractivity contribution in [3.63, 3.8) is 0 Å². The number of β-amino-alcohol motifs (C(OH)–C–C–N with tert-alkyl or cyclic N) is 1. The largest absolute Gasteiger partial charge is 0.387 e. The van der Waals surface area contributed by atoms with Crippen molar-refractivity contribution in [2.24, 2.45) is 0 Å². The molecule has 0 aliphatic carbocycles. The van der Waals surface area contributed by atoms with E-state index in [9.17, 15) is 5.11 Å². The second-order valence-electron chi connectivity index (χ2n) is 5.54. The fourth-order valence-electron chi connectivity index (χ4n) is 2.70. The Kier molecular flexibility index (Phi) is 4.38. The summed E-state index contributed by atoms with van der Waals surface area (Å²) < 4.78 is 0. The summed E-state index contributed by atoms with van der Waals surface area (Å²) in [7, 11) is 4.26. The van der Waals surface area contributed by atoms with Crippen LogP contribution < -0.4 is 0 Å². The number of aliphatic hydroxyl groups is 1. The quantitative estimate of drug-likeness (QED) is 0.878. The Hall–Kier alpha value is -0.900. The molecule has 0 bridgehead atoms. The van der Waals surface area contributed by atoms with Crippen LogP contribution in [0.5, 0.6) is 0 Å². The SMILES string of the molecule is Cc1ccccc1C(O)CN1CCC(N(C)C)C1. The molecule has 1 N–H and O–H groups in total. The molecule has 0 spiro atoms. The zero-order valence-corrected chi connectivity index (χ0v) is 11.6. The lowest BCUT2D eigenvalue weighted by atomic mass is 10.0. The first-order valence-electron chi connectivity index (χ1n) is 6.70. The average Bonchev–Trinajstić information content (AvgIpc) is 2.78. The number of hydrogen-bond acceptors (Lipinski definition) is 3. The lowest BCUT2D eigenvalue weighted by molar-refractivity contribution is 0.121. The molecule has 2 unspecified atom stereocenters. The third-order valence-corrected chi connectivity index (χ3v) is 3.96. The van der Waals surface area contributed by atoms with Crippen LogP contribution >= 0.6 is 0 Å². The standard InChI is InChI=1S/C15H24N2O/c1-12-6-4-5-7-14(12)15(18)11-17-9-8-13(10-17)16(2)3/h4-7,13,15,18H,8-11H2,1-3H3. The molecular formula is C15H24N2O. The third-order valence-electron chi connectivity index (χ3n) is 3.96. The fraction of sp³-hybridized carbons (Fsp3) is 0.600. The summed E-state index contributed by atoms with van der Waals surface area (Å²) in [5, 5.41) is 10.3. The Morgan fingerprint density at radius 1 is 1.39 bits per heavy atom. The Morgan fingerprint density at radius 2 is 2.11 bits per heavy atom. The molecule has 1 aromatic rings. The number of aliphatic hydroxyl groups excluding tert-OH is 1. The van der Waals surface area contributed by atoms with E-state index in [0.29, 0.717) is 6.04 Å². The normalized spacial score (nSPS) is 22.6. The van der Waals surface area contributed by atoms with Gasteiger partial charge in [-0.25, -0.2) is 0 Å². The first-order chi connectivity index (χ1) is 8.58. The molecule has 0 saturated carbocycles. The number of rotatable bonds is 4. The lowest BCUT2D eigenvalue weighted by Crippen LogP contribution is -2.33. The van der Waals surface area contributed by atoms with E-state index >= 15 is 0 Å². The molecular weight excluding hydrogens is 224 g/mol. The van der Waals surface area contributed by atoms with Gasteiger partial charge in [0.15, 0.2) is 0 Å². The van der Waals surface area contributed by atoms with Crippen molar-refractivity contribution in [1.29, 1.82) is 0 Å². The average molecular weight is 248 g/mol. The molecule has 2 atom stereocenters. The summed E-state index contributed by atoms with van der Waals surface area (Å²) in [6.45, 7) is 4.96. The van der Waals surface area contributed by atoms with Gasteiger partial charge in [0.2, 0.25) is 0 Å². The minimum absolute atomic E-state index is 0.368. The molecule has 3 heteroatoms. The van der Waals surface area contributed by atoms with Crippen molar-refractivity contribution in [2.45, 2.75) is 25.5 Å². The van der Waals surface area contributed by atoms with E-state index in [4.69, 9.17) is 0 Å². The van der Waals surface area contributed by atoms with Crippen molar-refractivity contribution < 1.29 is 5.11 Å². The molecule has 18 heavy (non-hydrogen) atoms. The number of aryl methyl sites for hydroxylation is 1. The highest BCUT2D eigenvalue weighted by atomic mass is 16.3. The van der Waals surface area contributed by atoms with Crippen LogP contribution in [0.4, 0.5) is 0 Å². The molecule has 2 rings (SSSR count). The monoisotopic (exact) mass is 248 g/mol. The third kappa shape index (κ3) is 3.10. The van der Waals surface area contributed by atoms with Crippen molar-refractivity contribution in [3.05, 3.63) is 35.4 Å². The predicted molar refractivity (Wildman–Crippen MR) is 74.7 cm³/mol. The number of hydrogen-bond donors (Lipinski definition) is 1. The van der Waals surface area contributed by atoms with Gasteiger partial charge in [-0.05, 0) is 45.1 Å². The second-order valence-corrected chi connectivity index (χ2v) is 5.54. The topological polar surface area (TPSA) is 26.7 Å². The van der Waals surface area contributed by atoms with Crippen LogP contribution in [-0.2, 0) is 0 Å². The van der Waals surface area contributed by atoms with E-state index < -0.39 is 0 Å². The number of benzene rings is 1. The van der Waals surface area contributed by atoms with Crippen LogP contribution in [0.15, 0.2) is 24.3 Å². The van der Waals surface area contributed by atoms with E-state index in [-0.39, 0.29) is 6.10 Å². The molecule has 1 aromatic carbocycles. The number of likely N-dealkylation sites (tertiary alicyclic amines) is 1. The van der Waals surface area contributed by atoms with Gasteiger partial charge in [-0.15, -0.1) is 0 Å². The maximum Gasteiger partial charge on any atom is 0.0919 e. The van der Waals surface area contributed by atoms with Gasteiger partial charge >= 0.3 is 0 Å². The minimum Gasteiger partial charge on any atom is -0.387 e. The Labute approximate surface area is 110 Å². The van der Waals surface area contributed by atoms with Gasteiger partial charge in [-0.2, -0.15) is 0 Å². The summed E-state index contributed by atoms with van der Waals surface area (Å²) in [4.78, 5) is 4.64. The summed E-state index contributed by atoms with van der Waals surface area (Å²) in [5.41, 5.74) is 2.24. The van der Waals surface area contributed by atoms with Gasteiger partial charge in [-0.1, -0.05) is 24.3 Å². The van der Waals surface area contributed by atoms with E-state index in [1.165, 1.54) is 12.0 Å². The lowest BCUT2D eigenvalue weighted by Gasteiger charge is -2.23. The van der Waals surface area contributed by atoms with E-state index in [2.05, 4.69) is 36.9 Å². The van der Waals surface area contributed by atoms with Crippen LogP contribution in [0.25, 0.3) is 0 Å². The highest BCUT2D eigenvalue weighted by Gasteiger charge is 2.25. The van der Waals surface area contributed by atoms with Gasteiger partial charge in [0.05, 0.1) is 6.10 Å². The maximum atomic E-state index is 10.3. The molecule has 1 aliphatic rings. The first kappa shape index (κ1) is 13.5. The van der Waals surface area contributed by atoms with E-state index in [1.54, 1.807) is 0 Å². The van der Waals surface area contributed by atoms with Gasteiger partial charge < -0.3 is 10.0 Å². The molecule has 3 nitrogen and oxygen atoms in total. The summed E-state index contributed by atoms with van der Waals surface area (Å²) in [6, 6.07) is 8.74. The van der Waals surface area contributed by atoms with Gasteiger partial charge in [-0.3, -0.25) is 4.90 Å². The first-order valence-corrected chi connectivity index (χ1v) is 6.70. The molecule has 1 aliphatic heterocycles. The number of likely N-dealkylation sites (N-methyl/N-ethyl adjacent to an activating group) is 1. The molecule has 1 fully saturated rings.